The molecule has 4 rings (SSSR count). The van der Waals surface area contributed by atoms with Crippen LogP contribution >= 0.6 is 30.3 Å². The number of nitrogens with two attached hydrogens (primary N) is 1. The molecule has 0 aromatic carbocycles. The number of likely N-dealkylation sites (tertiary alicyclic amines) is 1. The van der Waals surface area contributed by atoms with Crippen LogP contribution in [0, 0.1) is 0 Å². The molecular formula is C22H25IN6OS. The van der Waals surface area contributed by atoms with Gasteiger partial charge in [0, 0.05) is 77.1 Å². The van der Waals surface area contributed by atoms with E-state index in [-0.39, 0.29) is 0 Å². The standard InChI is InChI=1S/C22H25IN6OS/c1-28-9-6-17(7-10-28)27-20(5-8-24)16-11-18-19(14-29(31-23)22(18)26-13-16)15-3-4-21(30-2)25-12-15/h3-5,8,11-14,17H,6-7,9-10,24H2,1-2H3/b8-5-,27-20?. The number of fused-ring (bicyclic) bond motifs is 1. The molecule has 3 aromatic rings. The lowest BCUT2D eigenvalue weighted by Crippen LogP contribution is -2.32. The predicted octanol–water partition coefficient (Wildman–Crippen LogP) is 4.31. The molecule has 0 aliphatic carbocycles. The third-order valence-electron chi connectivity index (χ3n) is 5.50. The van der Waals surface area contributed by atoms with Gasteiger partial charge in [0.25, 0.3) is 0 Å². The van der Waals surface area contributed by atoms with E-state index in [2.05, 4.69) is 54.4 Å². The van der Waals surface area contributed by atoms with Gasteiger partial charge in [0.05, 0.1) is 18.9 Å². The number of rotatable bonds is 6. The van der Waals surface area contributed by atoms with Gasteiger partial charge >= 0.3 is 0 Å². The third-order valence-corrected chi connectivity index (χ3v) is 7.20. The number of methoxy groups -OCH3 is 1. The molecule has 0 radical (unpaired) electrons. The minimum Gasteiger partial charge on any atom is -0.481 e. The monoisotopic (exact) mass is 548 g/mol. The molecule has 0 amide bonds. The van der Waals surface area contributed by atoms with Gasteiger partial charge < -0.3 is 15.4 Å². The zero-order chi connectivity index (χ0) is 21.8. The number of nitrogens with zero attached hydrogens (tertiary/aromatic N) is 5. The second kappa shape index (κ2) is 10.0. The summed E-state index contributed by atoms with van der Waals surface area (Å²) in [5.41, 5.74) is 10.6. The number of pyridine rings is 2. The summed E-state index contributed by atoms with van der Waals surface area (Å²) in [4.78, 5) is 16.5. The SMILES string of the molecule is COc1ccc(-c2cn(SI)c3ncc(C(/C=C\N)=NC4CCN(C)CC4)cc23)cn1. The second-order valence-corrected chi connectivity index (χ2v) is 9.24. The highest BCUT2D eigenvalue weighted by Crippen LogP contribution is 2.34. The summed E-state index contributed by atoms with van der Waals surface area (Å²) in [5, 5.41) is 1.05. The molecule has 162 valence electrons. The molecule has 3 aromatic heterocycles. The minimum absolute atomic E-state index is 0.304. The Morgan fingerprint density at radius 2 is 2.10 bits per heavy atom. The van der Waals surface area contributed by atoms with Crippen LogP contribution in [0.25, 0.3) is 22.2 Å². The number of halogens is 1. The van der Waals surface area contributed by atoms with Crippen LogP contribution in [-0.2, 0) is 0 Å². The van der Waals surface area contributed by atoms with Crippen molar-refractivity contribution < 1.29 is 4.74 Å². The van der Waals surface area contributed by atoms with E-state index in [0.717, 1.165) is 59.4 Å². The van der Waals surface area contributed by atoms with Crippen LogP contribution in [0.1, 0.15) is 18.4 Å². The van der Waals surface area contributed by atoms with E-state index in [1.54, 1.807) is 22.4 Å². The van der Waals surface area contributed by atoms with Gasteiger partial charge in [-0.15, -0.1) is 0 Å². The number of hydrogen-bond acceptors (Lipinski definition) is 7. The van der Waals surface area contributed by atoms with E-state index in [4.69, 9.17) is 20.4 Å². The van der Waals surface area contributed by atoms with Gasteiger partial charge in [-0.05, 0) is 57.4 Å². The van der Waals surface area contributed by atoms with Crippen LogP contribution in [0.5, 0.6) is 5.88 Å². The lowest BCUT2D eigenvalue weighted by atomic mass is 10.0. The van der Waals surface area contributed by atoms with Crippen LogP contribution < -0.4 is 10.5 Å². The molecule has 7 nitrogen and oxygen atoms in total. The molecule has 2 N–H and O–H groups in total. The summed E-state index contributed by atoms with van der Waals surface area (Å²) in [6.07, 6.45) is 11.3. The topological polar surface area (TPSA) is 81.6 Å². The van der Waals surface area contributed by atoms with Crippen molar-refractivity contribution in [3.8, 4) is 17.0 Å². The molecule has 0 bridgehead atoms. The number of piperidine rings is 1. The second-order valence-electron chi connectivity index (χ2n) is 7.53. The summed E-state index contributed by atoms with van der Waals surface area (Å²) in [5.74, 6) is 0.593. The largest absolute Gasteiger partial charge is 0.481 e. The van der Waals surface area contributed by atoms with Gasteiger partial charge in [-0.2, -0.15) is 0 Å². The smallest absolute Gasteiger partial charge is 0.212 e. The Balaban J connectivity index is 1.77. The highest BCUT2D eigenvalue weighted by molar-refractivity contribution is 14.2. The van der Waals surface area contributed by atoms with Crippen LogP contribution in [0.3, 0.4) is 0 Å². The number of aliphatic imine (C=N–C) groups is 1. The first-order valence-electron chi connectivity index (χ1n) is 10.1. The van der Waals surface area contributed by atoms with Crippen molar-refractivity contribution in [2.45, 2.75) is 18.9 Å². The molecule has 31 heavy (non-hydrogen) atoms. The lowest BCUT2D eigenvalue weighted by molar-refractivity contribution is 0.257. The van der Waals surface area contributed by atoms with E-state index >= 15 is 0 Å². The van der Waals surface area contributed by atoms with Crippen LogP contribution in [0.15, 0.2) is 54.1 Å². The molecule has 0 atom stereocenters. The Hall–Kier alpha value is -2.11. The maximum Gasteiger partial charge on any atom is 0.212 e. The first kappa shape index (κ1) is 22.1. The molecule has 1 fully saturated rings. The number of hydrogen-bond donors (Lipinski definition) is 1. The maximum atomic E-state index is 5.76. The summed E-state index contributed by atoms with van der Waals surface area (Å²) in [6, 6.07) is 6.34. The van der Waals surface area contributed by atoms with E-state index in [1.807, 2.05) is 30.6 Å². The number of aromatic nitrogens is 3. The van der Waals surface area contributed by atoms with E-state index in [1.165, 1.54) is 0 Å². The first-order chi connectivity index (χ1) is 15.1. The zero-order valence-electron chi connectivity index (χ0n) is 17.5. The predicted molar refractivity (Wildman–Crippen MR) is 137 cm³/mol. The molecular weight excluding hydrogens is 523 g/mol. The molecule has 9 heteroatoms. The molecule has 1 saturated heterocycles. The normalized spacial score (nSPS) is 16.4. The van der Waals surface area contributed by atoms with Gasteiger partial charge in [0.15, 0.2) is 5.65 Å². The number of allylic oxidation sites excluding steroid dienone is 1. The van der Waals surface area contributed by atoms with Crippen molar-refractivity contribution in [2.75, 3.05) is 27.2 Å². The fourth-order valence-electron chi connectivity index (χ4n) is 3.79. The summed E-state index contributed by atoms with van der Waals surface area (Å²) in [6.45, 7) is 2.13. The zero-order valence-corrected chi connectivity index (χ0v) is 20.5. The Labute approximate surface area is 198 Å². The fraction of sp³-hybridized carbons (Fsp3) is 0.318. The van der Waals surface area contributed by atoms with Crippen LogP contribution in [-0.4, -0.2) is 57.8 Å². The van der Waals surface area contributed by atoms with Crippen molar-refractivity contribution in [1.82, 2.24) is 18.8 Å². The molecule has 0 spiro atoms. The highest BCUT2D eigenvalue weighted by Gasteiger charge is 2.18. The average Bonchev–Trinajstić information content (AvgIpc) is 3.18. The Kier molecular flexibility index (Phi) is 7.13. The molecule has 1 aliphatic rings. The Morgan fingerprint density at radius 3 is 2.74 bits per heavy atom. The molecule has 4 heterocycles. The Bertz CT molecular complexity index is 1100. The average molecular weight is 548 g/mol. The van der Waals surface area contributed by atoms with Gasteiger partial charge in [-0.25, -0.2) is 9.97 Å². The summed E-state index contributed by atoms with van der Waals surface area (Å²) >= 11 is 2.27. The van der Waals surface area contributed by atoms with Crippen molar-refractivity contribution in [3.05, 3.63) is 54.6 Å². The van der Waals surface area contributed by atoms with Crippen molar-refractivity contribution in [3.63, 3.8) is 0 Å². The quantitative estimate of drug-likeness (QED) is 0.366. The minimum atomic E-state index is 0.304. The maximum absolute atomic E-state index is 5.76. The lowest BCUT2D eigenvalue weighted by Gasteiger charge is -2.27. The first-order valence-corrected chi connectivity index (χ1v) is 13.4. The molecule has 1 aliphatic heterocycles. The van der Waals surface area contributed by atoms with Gasteiger partial charge in [-0.1, -0.05) is 0 Å². The molecule has 0 unspecified atom stereocenters. The summed E-state index contributed by atoms with van der Waals surface area (Å²) < 4.78 is 7.26. The van der Waals surface area contributed by atoms with E-state index in [9.17, 15) is 0 Å². The number of ether oxygens (including phenoxy) is 1. The van der Waals surface area contributed by atoms with Gasteiger partial charge in [0.1, 0.15) is 0 Å². The van der Waals surface area contributed by atoms with Crippen LogP contribution in [0.2, 0.25) is 0 Å². The van der Waals surface area contributed by atoms with Crippen molar-refractivity contribution in [2.24, 2.45) is 10.7 Å². The van der Waals surface area contributed by atoms with Gasteiger partial charge in [-0.3, -0.25) is 8.96 Å². The highest BCUT2D eigenvalue weighted by atomic mass is 127. The van der Waals surface area contributed by atoms with E-state index in [0.29, 0.717) is 11.9 Å². The van der Waals surface area contributed by atoms with Gasteiger partial charge in [0.2, 0.25) is 5.88 Å². The third kappa shape index (κ3) is 4.88. The summed E-state index contributed by atoms with van der Waals surface area (Å²) in [7, 11) is 5.36. The van der Waals surface area contributed by atoms with Crippen molar-refractivity contribution >= 4 is 47.1 Å². The van der Waals surface area contributed by atoms with Crippen molar-refractivity contribution in [1.29, 1.82) is 0 Å². The Morgan fingerprint density at radius 1 is 1.29 bits per heavy atom. The van der Waals surface area contributed by atoms with E-state index < -0.39 is 0 Å². The van der Waals surface area contributed by atoms with Crippen LogP contribution in [0.4, 0.5) is 0 Å². The molecule has 0 saturated carbocycles. The fourth-order valence-corrected chi connectivity index (χ4v) is 5.04.